The van der Waals surface area contributed by atoms with Crippen molar-refractivity contribution in [3.63, 3.8) is 0 Å². The normalized spacial score (nSPS) is 10.1. The zero-order valence-electron chi connectivity index (χ0n) is 10.4. The molecule has 1 heterocycles. The lowest BCUT2D eigenvalue weighted by molar-refractivity contribution is -0.384. The minimum Gasteiger partial charge on any atom is -0.449 e. The highest BCUT2D eigenvalue weighted by Crippen LogP contribution is 2.37. The smallest absolute Gasteiger partial charge is 0.449 e. The van der Waals surface area contributed by atoms with Crippen molar-refractivity contribution in [2.45, 2.75) is 6.92 Å². The Kier molecular flexibility index (Phi) is 3.60. The van der Waals surface area contributed by atoms with Gasteiger partial charge >= 0.3 is 6.16 Å². The topological polar surface area (TPSA) is 103 Å². The van der Waals surface area contributed by atoms with Gasteiger partial charge < -0.3 is 9.84 Å². The van der Waals surface area contributed by atoms with Crippen molar-refractivity contribution in [3.05, 3.63) is 52.3 Å². The van der Waals surface area contributed by atoms with E-state index < -0.39 is 11.1 Å². The fourth-order valence-electron chi connectivity index (χ4n) is 1.92. The molecule has 1 aromatic heterocycles. The van der Waals surface area contributed by atoms with Gasteiger partial charge in [-0.25, -0.2) is 4.79 Å². The van der Waals surface area contributed by atoms with Gasteiger partial charge in [-0.2, -0.15) is 0 Å². The predicted octanol–water partition coefficient (Wildman–Crippen LogP) is 3.02. The van der Waals surface area contributed by atoms with E-state index in [4.69, 9.17) is 5.11 Å². The minimum absolute atomic E-state index is 0.0647. The molecule has 7 nitrogen and oxygen atoms in total. The number of hydrogen-bond acceptors (Lipinski definition) is 5. The van der Waals surface area contributed by atoms with Crippen LogP contribution >= 0.6 is 0 Å². The van der Waals surface area contributed by atoms with Gasteiger partial charge in [0.2, 0.25) is 0 Å². The maximum atomic E-state index is 11.1. The second-order valence-corrected chi connectivity index (χ2v) is 3.94. The zero-order chi connectivity index (χ0) is 14.7. The highest BCUT2D eigenvalue weighted by molar-refractivity contribution is 5.79. The van der Waals surface area contributed by atoms with Crippen LogP contribution in [0.15, 0.2) is 36.7 Å². The Labute approximate surface area is 113 Å². The molecule has 7 heteroatoms. The molecule has 0 unspecified atom stereocenters. The summed E-state index contributed by atoms with van der Waals surface area (Å²) in [5.74, 6) is 0.0647. The molecule has 0 saturated heterocycles. The first-order chi connectivity index (χ1) is 9.50. The highest BCUT2D eigenvalue weighted by Gasteiger charge is 2.21. The molecule has 0 radical (unpaired) electrons. The van der Waals surface area contributed by atoms with Crippen molar-refractivity contribution in [2.75, 3.05) is 0 Å². The molecule has 0 aliphatic carbocycles. The second kappa shape index (κ2) is 5.35. The Balaban J connectivity index is 2.67. The summed E-state index contributed by atoms with van der Waals surface area (Å²) in [6, 6.07) is 5.72. The van der Waals surface area contributed by atoms with Crippen LogP contribution in [0.3, 0.4) is 0 Å². The van der Waals surface area contributed by atoms with Crippen LogP contribution in [-0.2, 0) is 0 Å². The highest BCUT2D eigenvalue weighted by atomic mass is 16.7. The van der Waals surface area contributed by atoms with Gasteiger partial charge in [0.15, 0.2) is 0 Å². The molecule has 0 atom stereocenters. The number of benzene rings is 1. The number of hydrogen-bond donors (Lipinski definition) is 1. The van der Waals surface area contributed by atoms with E-state index in [0.29, 0.717) is 16.7 Å². The average molecular weight is 274 g/mol. The lowest BCUT2D eigenvalue weighted by Crippen LogP contribution is -2.05. The first kappa shape index (κ1) is 13.5. The van der Waals surface area contributed by atoms with Crippen LogP contribution < -0.4 is 4.74 Å². The molecule has 2 rings (SSSR count). The Morgan fingerprint density at radius 2 is 1.95 bits per heavy atom. The molecule has 0 saturated carbocycles. The van der Waals surface area contributed by atoms with Crippen LogP contribution in [0.1, 0.15) is 5.56 Å². The predicted molar refractivity (Wildman–Crippen MR) is 69.7 cm³/mol. The molecule has 0 amide bonds. The quantitative estimate of drug-likeness (QED) is 0.399. The molecule has 0 fully saturated rings. The van der Waals surface area contributed by atoms with E-state index >= 15 is 0 Å². The van der Waals surface area contributed by atoms with E-state index in [2.05, 4.69) is 9.72 Å². The van der Waals surface area contributed by atoms with Crippen molar-refractivity contribution >= 4 is 11.8 Å². The molecule has 1 N–H and O–H groups in total. The van der Waals surface area contributed by atoms with Gasteiger partial charge in [-0.3, -0.25) is 15.1 Å². The Hall–Kier alpha value is -2.96. The van der Waals surface area contributed by atoms with Gasteiger partial charge in [0.05, 0.1) is 10.5 Å². The summed E-state index contributed by atoms with van der Waals surface area (Å²) in [5.41, 5.74) is 1.15. The Bertz CT molecular complexity index is 670. The molecule has 0 aliphatic rings. The molecule has 20 heavy (non-hydrogen) atoms. The maximum Gasteiger partial charge on any atom is 0.511 e. The SMILES string of the molecule is Cc1c(OC(=O)O)ccc([N+](=O)[O-])c1-c1ccncc1. The fourth-order valence-corrected chi connectivity index (χ4v) is 1.92. The van der Waals surface area contributed by atoms with E-state index in [9.17, 15) is 14.9 Å². The molecule has 1 aromatic carbocycles. The molecular weight excluding hydrogens is 264 g/mol. The van der Waals surface area contributed by atoms with E-state index in [-0.39, 0.29) is 11.4 Å². The third-order valence-corrected chi connectivity index (χ3v) is 2.76. The van der Waals surface area contributed by atoms with E-state index in [1.165, 1.54) is 24.5 Å². The lowest BCUT2D eigenvalue weighted by Gasteiger charge is -2.10. The number of nitro groups is 1. The molecule has 2 aromatic rings. The van der Waals surface area contributed by atoms with Crippen LogP contribution in [-0.4, -0.2) is 21.2 Å². The standard InChI is InChI=1S/C13H10N2O5/c1-8-11(20-13(16)17)3-2-10(15(18)19)12(8)9-4-6-14-7-5-9/h2-7H,1H3,(H,16,17). The van der Waals surface area contributed by atoms with Crippen molar-refractivity contribution < 1.29 is 19.6 Å². The van der Waals surface area contributed by atoms with Crippen LogP contribution in [0.25, 0.3) is 11.1 Å². The van der Waals surface area contributed by atoms with Crippen LogP contribution in [0.4, 0.5) is 10.5 Å². The number of nitrogens with zero attached hydrogens (tertiary/aromatic N) is 2. The second-order valence-electron chi connectivity index (χ2n) is 3.94. The van der Waals surface area contributed by atoms with Gasteiger partial charge in [-0.1, -0.05) is 0 Å². The number of pyridine rings is 1. The molecule has 0 aliphatic heterocycles. The average Bonchev–Trinajstić information content (AvgIpc) is 2.41. The van der Waals surface area contributed by atoms with E-state index in [1.807, 2.05) is 0 Å². The molecule has 0 bridgehead atoms. The number of carboxylic acid groups (broad SMARTS) is 1. The number of aromatic nitrogens is 1. The number of carbonyl (C=O) groups is 1. The van der Waals surface area contributed by atoms with Crippen molar-refractivity contribution in [1.82, 2.24) is 4.98 Å². The van der Waals surface area contributed by atoms with Gasteiger partial charge in [0, 0.05) is 24.0 Å². The van der Waals surface area contributed by atoms with Crippen molar-refractivity contribution in [1.29, 1.82) is 0 Å². The minimum atomic E-state index is -1.47. The van der Waals surface area contributed by atoms with E-state index in [1.54, 1.807) is 19.1 Å². The third-order valence-electron chi connectivity index (χ3n) is 2.76. The van der Waals surface area contributed by atoms with Crippen LogP contribution in [0.5, 0.6) is 5.75 Å². The summed E-state index contributed by atoms with van der Waals surface area (Å²) >= 11 is 0. The van der Waals surface area contributed by atoms with Crippen molar-refractivity contribution in [3.8, 4) is 16.9 Å². The number of nitro benzene ring substituents is 1. The monoisotopic (exact) mass is 274 g/mol. The van der Waals surface area contributed by atoms with Crippen LogP contribution in [0.2, 0.25) is 0 Å². The maximum absolute atomic E-state index is 11.1. The van der Waals surface area contributed by atoms with Crippen molar-refractivity contribution in [2.24, 2.45) is 0 Å². The van der Waals surface area contributed by atoms with E-state index in [0.717, 1.165) is 0 Å². The van der Waals surface area contributed by atoms with Gasteiger partial charge in [-0.05, 0) is 30.7 Å². The van der Waals surface area contributed by atoms with Gasteiger partial charge in [0.25, 0.3) is 5.69 Å². The lowest BCUT2D eigenvalue weighted by atomic mass is 9.99. The number of ether oxygens (including phenoxy) is 1. The Morgan fingerprint density at radius 3 is 2.50 bits per heavy atom. The first-order valence-corrected chi connectivity index (χ1v) is 5.60. The molecular formula is C13H10N2O5. The Morgan fingerprint density at radius 1 is 1.30 bits per heavy atom. The fraction of sp³-hybridized carbons (Fsp3) is 0.0769. The summed E-state index contributed by atoms with van der Waals surface area (Å²) in [7, 11) is 0. The zero-order valence-corrected chi connectivity index (χ0v) is 10.4. The summed E-state index contributed by atoms with van der Waals surface area (Å²) in [4.78, 5) is 25.1. The first-order valence-electron chi connectivity index (χ1n) is 5.60. The number of rotatable bonds is 3. The third kappa shape index (κ3) is 2.56. The largest absolute Gasteiger partial charge is 0.511 e. The molecule has 102 valence electrons. The summed E-state index contributed by atoms with van der Waals surface area (Å²) < 4.78 is 4.62. The summed E-state index contributed by atoms with van der Waals surface area (Å²) in [6.07, 6.45) is 1.54. The van der Waals surface area contributed by atoms with Crippen LogP contribution in [0, 0.1) is 17.0 Å². The molecule has 0 spiro atoms. The van der Waals surface area contributed by atoms with Gasteiger partial charge in [0.1, 0.15) is 5.75 Å². The summed E-state index contributed by atoms with van der Waals surface area (Å²) in [6.45, 7) is 1.57. The van der Waals surface area contributed by atoms with Gasteiger partial charge in [-0.15, -0.1) is 0 Å². The summed E-state index contributed by atoms with van der Waals surface area (Å²) in [5, 5.41) is 19.8.